The zero-order valence-electron chi connectivity index (χ0n) is 10.2. The summed E-state index contributed by atoms with van der Waals surface area (Å²) in [6, 6.07) is 0. The molecule has 0 aliphatic heterocycles. The molecule has 0 unspecified atom stereocenters. The summed E-state index contributed by atoms with van der Waals surface area (Å²) >= 11 is 0. The van der Waals surface area contributed by atoms with Crippen molar-refractivity contribution in [3.05, 3.63) is 18.1 Å². The summed E-state index contributed by atoms with van der Waals surface area (Å²) in [6.45, 7) is 1.96. The Morgan fingerprint density at radius 3 is 2.83 bits per heavy atom. The van der Waals surface area contributed by atoms with Crippen molar-refractivity contribution in [1.29, 1.82) is 0 Å². The minimum atomic E-state index is -1.14. The highest BCUT2D eigenvalue weighted by atomic mass is 16.5. The van der Waals surface area contributed by atoms with Crippen LogP contribution in [0, 0.1) is 0 Å². The second-order valence-electron chi connectivity index (χ2n) is 3.35. The smallest absolute Gasteiger partial charge is 0.356 e. The lowest BCUT2D eigenvalue weighted by Gasteiger charge is -2.06. The van der Waals surface area contributed by atoms with Crippen LogP contribution in [0.15, 0.2) is 12.4 Å². The van der Waals surface area contributed by atoms with Crippen LogP contribution in [-0.4, -0.2) is 54.6 Å². The molecule has 0 spiro atoms. The molecule has 0 saturated carbocycles. The van der Waals surface area contributed by atoms with Gasteiger partial charge in [-0.15, -0.1) is 0 Å². The molecule has 0 fully saturated rings. The monoisotopic (exact) mass is 256 g/mol. The van der Waals surface area contributed by atoms with Crippen LogP contribution < -0.4 is 4.74 Å². The number of carbonyl (C=O) groups is 1. The van der Waals surface area contributed by atoms with Crippen LogP contribution in [0.5, 0.6) is 5.88 Å². The SMILES string of the molecule is COCCCOCCOc1cncc(C(=O)O)n1. The summed E-state index contributed by atoms with van der Waals surface area (Å²) < 4.78 is 15.3. The lowest BCUT2D eigenvalue weighted by molar-refractivity contribution is 0.0685. The maximum absolute atomic E-state index is 10.6. The second kappa shape index (κ2) is 8.37. The van der Waals surface area contributed by atoms with Crippen LogP contribution in [-0.2, 0) is 9.47 Å². The summed E-state index contributed by atoms with van der Waals surface area (Å²) in [7, 11) is 1.64. The Morgan fingerprint density at radius 2 is 2.11 bits per heavy atom. The van der Waals surface area contributed by atoms with E-state index in [0.29, 0.717) is 26.4 Å². The molecule has 1 heterocycles. The molecule has 1 N–H and O–H groups in total. The maximum atomic E-state index is 10.6. The molecule has 7 heteroatoms. The first-order chi connectivity index (χ1) is 8.74. The van der Waals surface area contributed by atoms with Gasteiger partial charge in [0.25, 0.3) is 0 Å². The molecule has 18 heavy (non-hydrogen) atoms. The molecule has 0 radical (unpaired) electrons. The van der Waals surface area contributed by atoms with E-state index in [4.69, 9.17) is 19.3 Å². The van der Waals surface area contributed by atoms with E-state index in [0.717, 1.165) is 12.6 Å². The number of aromatic carboxylic acids is 1. The van der Waals surface area contributed by atoms with Gasteiger partial charge in [0.05, 0.1) is 19.0 Å². The molecule has 0 amide bonds. The average molecular weight is 256 g/mol. The van der Waals surface area contributed by atoms with Crippen molar-refractivity contribution in [2.75, 3.05) is 33.5 Å². The molecular formula is C11H16N2O5. The number of carboxylic acid groups (broad SMARTS) is 1. The van der Waals surface area contributed by atoms with Crippen LogP contribution in [0.2, 0.25) is 0 Å². The third-order valence-corrected chi connectivity index (χ3v) is 1.95. The first-order valence-electron chi connectivity index (χ1n) is 5.49. The van der Waals surface area contributed by atoms with Gasteiger partial charge in [-0.25, -0.2) is 9.78 Å². The van der Waals surface area contributed by atoms with E-state index < -0.39 is 5.97 Å². The number of nitrogens with zero attached hydrogens (tertiary/aromatic N) is 2. The number of rotatable bonds is 9. The summed E-state index contributed by atoms with van der Waals surface area (Å²) in [5, 5.41) is 8.71. The Labute approximate surface area is 105 Å². The molecule has 0 aliphatic carbocycles. The fourth-order valence-corrected chi connectivity index (χ4v) is 1.13. The van der Waals surface area contributed by atoms with Gasteiger partial charge in [-0.05, 0) is 6.42 Å². The summed E-state index contributed by atoms with van der Waals surface area (Å²) in [5.74, 6) is -0.959. The minimum absolute atomic E-state index is 0.145. The van der Waals surface area contributed by atoms with E-state index in [1.807, 2.05) is 0 Å². The number of hydrogen-bond acceptors (Lipinski definition) is 6. The highest BCUT2D eigenvalue weighted by Crippen LogP contribution is 2.04. The van der Waals surface area contributed by atoms with Gasteiger partial charge >= 0.3 is 5.97 Å². The zero-order valence-corrected chi connectivity index (χ0v) is 10.2. The van der Waals surface area contributed by atoms with Gasteiger partial charge in [0.15, 0.2) is 5.69 Å². The van der Waals surface area contributed by atoms with Gasteiger partial charge in [-0.3, -0.25) is 4.98 Å². The molecular weight excluding hydrogens is 240 g/mol. The van der Waals surface area contributed by atoms with E-state index in [2.05, 4.69) is 9.97 Å². The van der Waals surface area contributed by atoms with Crippen molar-refractivity contribution >= 4 is 5.97 Å². The van der Waals surface area contributed by atoms with Gasteiger partial charge in [-0.2, -0.15) is 0 Å². The third-order valence-electron chi connectivity index (χ3n) is 1.95. The predicted octanol–water partition coefficient (Wildman–Crippen LogP) is 0.607. The number of aromatic nitrogens is 2. The van der Waals surface area contributed by atoms with Gasteiger partial charge < -0.3 is 19.3 Å². The molecule has 1 aromatic heterocycles. The highest BCUT2D eigenvalue weighted by molar-refractivity contribution is 5.84. The van der Waals surface area contributed by atoms with E-state index in [1.54, 1.807) is 7.11 Å². The predicted molar refractivity (Wildman–Crippen MR) is 61.8 cm³/mol. The van der Waals surface area contributed by atoms with E-state index in [-0.39, 0.29) is 11.6 Å². The van der Waals surface area contributed by atoms with Gasteiger partial charge in [0.1, 0.15) is 6.61 Å². The molecule has 0 aliphatic rings. The van der Waals surface area contributed by atoms with Crippen molar-refractivity contribution in [2.45, 2.75) is 6.42 Å². The lowest BCUT2D eigenvalue weighted by Crippen LogP contribution is -2.10. The van der Waals surface area contributed by atoms with Crippen molar-refractivity contribution < 1.29 is 24.1 Å². The Morgan fingerprint density at radius 1 is 1.28 bits per heavy atom. The standard InChI is InChI=1S/C11H16N2O5/c1-16-3-2-4-17-5-6-18-10-8-12-7-9(13-10)11(14)15/h7-8H,2-6H2,1H3,(H,14,15). The second-order valence-corrected chi connectivity index (χ2v) is 3.35. The zero-order chi connectivity index (χ0) is 13.2. The van der Waals surface area contributed by atoms with Crippen molar-refractivity contribution in [3.8, 4) is 5.88 Å². The van der Waals surface area contributed by atoms with Crippen LogP contribution in [0.25, 0.3) is 0 Å². The Bertz CT molecular complexity index is 372. The van der Waals surface area contributed by atoms with Crippen molar-refractivity contribution in [2.24, 2.45) is 0 Å². The quantitative estimate of drug-likeness (QED) is 0.647. The van der Waals surface area contributed by atoms with Crippen molar-refractivity contribution in [3.63, 3.8) is 0 Å². The first-order valence-corrected chi connectivity index (χ1v) is 5.49. The Balaban J connectivity index is 2.19. The number of methoxy groups -OCH3 is 1. The number of ether oxygens (including phenoxy) is 3. The Kier molecular flexibility index (Phi) is 6.67. The van der Waals surface area contributed by atoms with Crippen LogP contribution >= 0.6 is 0 Å². The highest BCUT2D eigenvalue weighted by Gasteiger charge is 2.06. The third kappa shape index (κ3) is 5.55. The number of hydrogen-bond donors (Lipinski definition) is 1. The van der Waals surface area contributed by atoms with Gasteiger partial charge in [0, 0.05) is 20.3 Å². The van der Waals surface area contributed by atoms with Crippen molar-refractivity contribution in [1.82, 2.24) is 9.97 Å². The lowest BCUT2D eigenvalue weighted by atomic mass is 10.5. The van der Waals surface area contributed by atoms with Crippen LogP contribution in [0.3, 0.4) is 0 Å². The maximum Gasteiger partial charge on any atom is 0.356 e. The molecule has 0 saturated heterocycles. The number of carboxylic acids is 1. The molecule has 1 aromatic rings. The molecule has 0 bridgehead atoms. The molecule has 0 aromatic carbocycles. The molecule has 1 rings (SSSR count). The van der Waals surface area contributed by atoms with Crippen LogP contribution in [0.4, 0.5) is 0 Å². The summed E-state index contributed by atoms with van der Waals surface area (Å²) in [6.07, 6.45) is 3.35. The molecule has 7 nitrogen and oxygen atoms in total. The summed E-state index contributed by atoms with van der Waals surface area (Å²) in [5.41, 5.74) is -0.145. The first kappa shape index (κ1) is 14.3. The van der Waals surface area contributed by atoms with E-state index >= 15 is 0 Å². The van der Waals surface area contributed by atoms with Crippen LogP contribution in [0.1, 0.15) is 16.9 Å². The summed E-state index contributed by atoms with van der Waals surface area (Å²) in [4.78, 5) is 18.1. The van der Waals surface area contributed by atoms with E-state index in [9.17, 15) is 4.79 Å². The molecule has 0 atom stereocenters. The topological polar surface area (TPSA) is 90.8 Å². The molecule has 100 valence electrons. The fraction of sp³-hybridized carbons (Fsp3) is 0.545. The average Bonchev–Trinajstić information content (AvgIpc) is 2.38. The van der Waals surface area contributed by atoms with Gasteiger partial charge in [0.2, 0.25) is 5.88 Å². The Hall–Kier alpha value is -1.73. The van der Waals surface area contributed by atoms with E-state index in [1.165, 1.54) is 6.20 Å². The van der Waals surface area contributed by atoms with Gasteiger partial charge in [-0.1, -0.05) is 0 Å². The normalized spacial score (nSPS) is 10.3. The largest absolute Gasteiger partial charge is 0.476 e. The fourth-order valence-electron chi connectivity index (χ4n) is 1.13. The minimum Gasteiger partial charge on any atom is -0.476 e.